The van der Waals surface area contributed by atoms with Crippen LogP contribution in [-0.4, -0.2) is 25.7 Å². The molecule has 0 bridgehead atoms. The molecule has 0 aliphatic carbocycles. The lowest BCUT2D eigenvalue weighted by Crippen LogP contribution is -2.30. The summed E-state index contributed by atoms with van der Waals surface area (Å²) in [6, 6.07) is -0.142. The number of aryl methyl sites for hydroxylation is 2. The fraction of sp³-hybridized carbons (Fsp3) is 0.500. The Labute approximate surface area is 115 Å². The van der Waals surface area contributed by atoms with Gasteiger partial charge in [-0.1, -0.05) is 6.92 Å². The average Bonchev–Trinajstić information content (AvgIpc) is 3.03. The monoisotopic (exact) mass is 279 g/mol. The zero-order chi connectivity index (χ0) is 13.8. The van der Waals surface area contributed by atoms with Crippen molar-refractivity contribution in [3.05, 3.63) is 28.2 Å². The average molecular weight is 279 g/mol. The molecule has 1 amide bonds. The SMILES string of the molecule is CCC(NC(=O)c1csc(C)n1)c1ncnn1CC. The molecule has 7 heteroatoms. The molecule has 19 heavy (non-hydrogen) atoms. The summed E-state index contributed by atoms with van der Waals surface area (Å²) in [5.41, 5.74) is 0.462. The summed E-state index contributed by atoms with van der Waals surface area (Å²) in [6.07, 6.45) is 2.27. The first-order valence-corrected chi connectivity index (χ1v) is 7.14. The number of thiazole rings is 1. The van der Waals surface area contributed by atoms with Crippen LogP contribution in [0.2, 0.25) is 0 Å². The Kier molecular flexibility index (Phi) is 4.26. The van der Waals surface area contributed by atoms with Crippen molar-refractivity contribution in [3.8, 4) is 0 Å². The maximum Gasteiger partial charge on any atom is 0.271 e. The number of rotatable bonds is 5. The largest absolute Gasteiger partial charge is 0.341 e. The van der Waals surface area contributed by atoms with Gasteiger partial charge in [-0.05, 0) is 20.3 Å². The summed E-state index contributed by atoms with van der Waals surface area (Å²) in [5.74, 6) is 0.618. The van der Waals surface area contributed by atoms with Crippen molar-refractivity contribution in [3.63, 3.8) is 0 Å². The van der Waals surface area contributed by atoms with Crippen LogP contribution in [-0.2, 0) is 6.54 Å². The smallest absolute Gasteiger partial charge is 0.271 e. The van der Waals surface area contributed by atoms with Crippen molar-refractivity contribution in [2.24, 2.45) is 0 Å². The van der Waals surface area contributed by atoms with Gasteiger partial charge in [-0.3, -0.25) is 4.79 Å². The Morgan fingerprint density at radius 3 is 2.89 bits per heavy atom. The second kappa shape index (κ2) is 5.92. The van der Waals surface area contributed by atoms with Crippen LogP contribution >= 0.6 is 11.3 Å². The molecule has 1 atom stereocenters. The third kappa shape index (κ3) is 2.98. The van der Waals surface area contributed by atoms with E-state index in [0.29, 0.717) is 5.69 Å². The van der Waals surface area contributed by atoms with Crippen LogP contribution < -0.4 is 5.32 Å². The molecule has 102 valence electrons. The highest BCUT2D eigenvalue weighted by Crippen LogP contribution is 2.15. The van der Waals surface area contributed by atoms with Gasteiger partial charge in [0.1, 0.15) is 17.8 Å². The van der Waals surface area contributed by atoms with Gasteiger partial charge in [0.2, 0.25) is 0 Å². The van der Waals surface area contributed by atoms with E-state index in [1.807, 2.05) is 20.8 Å². The standard InChI is InChI=1S/C12H17N5OS/c1-4-9(11-13-7-14-17(11)5-2)16-12(18)10-6-19-8(3)15-10/h6-7,9H,4-5H2,1-3H3,(H,16,18). The first-order valence-electron chi connectivity index (χ1n) is 6.26. The van der Waals surface area contributed by atoms with Crippen LogP contribution in [0.25, 0.3) is 0 Å². The molecule has 1 unspecified atom stereocenters. The molecular formula is C12H17N5OS. The molecule has 0 spiro atoms. The summed E-state index contributed by atoms with van der Waals surface area (Å²) < 4.78 is 1.79. The maximum atomic E-state index is 12.1. The maximum absolute atomic E-state index is 12.1. The molecule has 2 rings (SSSR count). The number of aromatic nitrogens is 4. The number of hydrogen-bond donors (Lipinski definition) is 1. The summed E-state index contributed by atoms with van der Waals surface area (Å²) in [5, 5.41) is 9.73. The number of carbonyl (C=O) groups is 1. The number of carbonyl (C=O) groups excluding carboxylic acids is 1. The Hall–Kier alpha value is -1.76. The molecule has 1 N–H and O–H groups in total. The normalized spacial score (nSPS) is 12.4. The van der Waals surface area contributed by atoms with Gasteiger partial charge < -0.3 is 5.32 Å². The van der Waals surface area contributed by atoms with E-state index in [-0.39, 0.29) is 11.9 Å². The lowest BCUT2D eigenvalue weighted by atomic mass is 10.2. The van der Waals surface area contributed by atoms with E-state index >= 15 is 0 Å². The molecule has 2 aromatic heterocycles. The van der Waals surface area contributed by atoms with Crippen LogP contribution in [0, 0.1) is 6.92 Å². The number of amides is 1. The molecule has 0 fully saturated rings. The summed E-state index contributed by atoms with van der Waals surface area (Å²) >= 11 is 1.47. The van der Waals surface area contributed by atoms with E-state index in [4.69, 9.17) is 0 Å². The zero-order valence-corrected chi connectivity index (χ0v) is 12.1. The van der Waals surface area contributed by atoms with Crippen LogP contribution in [0.15, 0.2) is 11.7 Å². The summed E-state index contributed by atoms with van der Waals surface area (Å²) in [7, 11) is 0. The Bertz CT molecular complexity index is 562. The number of nitrogens with one attached hydrogen (secondary N) is 1. The molecule has 2 heterocycles. The third-order valence-corrected chi connectivity index (χ3v) is 3.60. The second-order valence-corrected chi connectivity index (χ2v) is 5.18. The van der Waals surface area contributed by atoms with Crippen molar-refractivity contribution in [1.82, 2.24) is 25.1 Å². The van der Waals surface area contributed by atoms with Crippen molar-refractivity contribution in [1.29, 1.82) is 0 Å². The first kappa shape index (κ1) is 13.7. The molecule has 0 aliphatic rings. The highest BCUT2D eigenvalue weighted by atomic mass is 32.1. The Morgan fingerprint density at radius 2 is 2.32 bits per heavy atom. The van der Waals surface area contributed by atoms with Crippen LogP contribution in [0.1, 0.15) is 47.6 Å². The molecule has 0 aromatic carbocycles. The zero-order valence-electron chi connectivity index (χ0n) is 11.3. The van der Waals surface area contributed by atoms with Gasteiger partial charge in [0, 0.05) is 11.9 Å². The van der Waals surface area contributed by atoms with Crippen molar-refractivity contribution in [2.45, 2.75) is 39.8 Å². The summed E-state index contributed by atoms with van der Waals surface area (Å²) in [6.45, 7) is 6.62. The molecule has 2 aromatic rings. The highest BCUT2D eigenvalue weighted by Gasteiger charge is 2.19. The van der Waals surface area contributed by atoms with Gasteiger partial charge in [0.25, 0.3) is 5.91 Å². The fourth-order valence-electron chi connectivity index (χ4n) is 1.84. The highest BCUT2D eigenvalue weighted by molar-refractivity contribution is 7.09. The van der Waals surface area contributed by atoms with Crippen LogP contribution in [0.3, 0.4) is 0 Å². The fourth-order valence-corrected chi connectivity index (χ4v) is 2.43. The quantitative estimate of drug-likeness (QED) is 0.908. The van der Waals surface area contributed by atoms with E-state index in [1.54, 1.807) is 10.1 Å². The van der Waals surface area contributed by atoms with Crippen LogP contribution in [0.5, 0.6) is 0 Å². The minimum atomic E-state index is -0.165. The second-order valence-electron chi connectivity index (χ2n) is 4.12. The van der Waals surface area contributed by atoms with Gasteiger partial charge in [-0.25, -0.2) is 14.6 Å². The topological polar surface area (TPSA) is 72.7 Å². The van der Waals surface area contributed by atoms with Gasteiger partial charge >= 0.3 is 0 Å². The number of hydrogen-bond acceptors (Lipinski definition) is 5. The van der Waals surface area contributed by atoms with E-state index in [2.05, 4.69) is 20.4 Å². The Morgan fingerprint density at radius 1 is 1.53 bits per heavy atom. The summed E-state index contributed by atoms with van der Waals surface area (Å²) in [4.78, 5) is 20.5. The minimum absolute atomic E-state index is 0.142. The lowest BCUT2D eigenvalue weighted by Gasteiger charge is -2.16. The van der Waals surface area contributed by atoms with E-state index in [0.717, 1.165) is 23.8 Å². The molecule has 6 nitrogen and oxygen atoms in total. The van der Waals surface area contributed by atoms with Crippen molar-refractivity contribution < 1.29 is 4.79 Å². The molecular weight excluding hydrogens is 262 g/mol. The van der Waals surface area contributed by atoms with Crippen molar-refractivity contribution in [2.75, 3.05) is 0 Å². The Balaban J connectivity index is 2.13. The predicted octanol–water partition coefficient (Wildman–Crippen LogP) is 1.94. The van der Waals surface area contributed by atoms with E-state index in [1.165, 1.54) is 17.7 Å². The van der Waals surface area contributed by atoms with Gasteiger partial charge in [-0.2, -0.15) is 5.10 Å². The first-order chi connectivity index (χ1) is 9.15. The van der Waals surface area contributed by atoms with Gasteiger partial charge in [0.15, 0.2) is 0 Å². The number of nitrogens with zero attached hydrogens (tertiary/aromatic N) is 4. The van der Waals surface area contributed by atoms with Gasteiger partial charge in [-0.15, -0.1) is 11.3 Å². The molecule has 0 radical (unpaired) electrons. The molecule has 0 aliphatic heterocycles. The van der Waals surface area contributed by atoms with Crippen molar-refractivity contribution >= 4 is 17.2 Å². The van der Waals surface area contributed by atoms with Crippen LogP contribution in [0.4, 0.5) is 0 Å². The van der Waals surface area contributed by atoms with E-state index in [9.17, 15) is 4.79 Å². The molecule has 0 saturated carbocycles. The third-order valence-electron chi connectivity index (χ3n) is 2.82. The lowest BCUT2D eigenvalue weighted by molar-refractivity contribution is 0.0928. The van der Waals surface area contributed by atoms with E-state index < -0.39 is 0 Å². The molecule has 0 saturated heterocycles. The minimum Gasteiger partial charge on any atom is -0.341 e. The predicted molar refractivity (Wildman–Crippen MR) is 73.0 cm³/mol. The van der Waals surface area contributed by atoms with Gasteiger partial charge in [0.05, 0.1) is 11.0 Å².